The van der Waals surface area contributed by atoms with E-state index in [1.165, 1.54) is 0 Å². The second-order valence-electron chi connectivity index (χ2n) is 4.80. The molecule has 0 aliphatic heterocycles. The summed E-state index contributed by atoms with van der Waals surface area (Å²) in [5.74, 6) is 1.64. The molecule has 3 nitrogen and oxygen atoms in total. The Kier molecular flexibility index (Phi) is 5.16. The van der Waals surface area contributed by atoms with Crippen LogP contribution in [0.4, 0.5) is 0 Å². The summed E-state index contributed by atoms with van der Waals surface area (Å²) in [6, 6.07) is 15.3. The van der Waals surface area contributed by atoms with Gasteiger partial charge in [0.2, 0.25) is 0 Å². The number of hydrogen-bond acceptors (Lipinski definition) is 4. The number of halogens is 1. The zero-order chi connectivity index (χ0) is 16.1. The van der Waals surface area contributed by atoms with Crippen LogP contribution >= 0.6 is 22.9 Å². The molecule has 0 bridgehead atoms. The molecule has 118 valence electrons. The summed E-state index contributed by atoms with van der Waals surface area (Å²) in [7, 11) is 0. The second kappa shape index (κ2) is 7.49. The number of hydrogen-bond donors (Lipinski definition) is 0. The fourth-order valence-corrected chi connectivity index (χ4v) is 3.05. The summed E-state index contributed by atoms with van der Waals surface area (Å²) in [6.45, 7) is 3.05. The highest BCUT2D eigenvalue weighted by atomic mass is 35.5. The largest absolute Gasteiger partial charge is 0.494 e. The van der Waals surface area contributed by atoms with Crippen molar-refractivity contribution in [1.82, 2.24) is 4.98 Å². The van der Waals surface area contributed by atoms with Crippen molar-refractivity contribution in [3.8, 4) is 22.8 Å². The summed E-state index contributed by atoms with van der Waals surface area (Å²) in [4.78, 5) is 4.59. The molecule has 0 spiro atoms. The summed E-state index contributed by atoms with van der Waals surface area (Å²) >= 11 is 7.77. The molecule has 0 atom stereocenters. The maximum Gasteiger partial charge on any atom is 0.140 e. The molecule has 0 aliphatic carbocycles. The fourth-order valence-electron chi connectivity index (χ4n) is 2.11. The predicted molar refractivity (Wildman–Crippen MR) is 94.5 cm³/mol. The standard InChI is InChI=1S/C18H16ClNO2S/c1-2-21-13-7-9-14(10-8-13)22-11-18-20-17(12-23-18)15-5-3-4-6-16(15)19/h3-10,12H,2,11H2,1H3. The first-order valence-corrected chi connectivity index (χ1v) is 8.57. The van der Waals surface area contributed by atoms with E-state index in [1.807, 2.05) is 60.8 Å². The Morgan fingerprint density at radius 1 is 1.00 bits per heavy atom. The van der Waals surface area contributed by atoms with Gasteiger partial charge in [0, 0.05) is 16.0 Å². The van der Waals surface area contributed by atoms with E-state index in [0.29, 0.717) is 18.2 Å². The van der Waals surface area contributed by atoms with Gasteiger partial charge >= 0.3 is 0 Å². The Morgan fingerprint density at radius 3 is 2.39 bits per heavy atom. The molecule has 1 heterocycles. The van der Waals surface area contributed by atoms with E-state index in [9.17, 15) is 0 Å². The van der Waals surface area contributed by atoms with Gasteiger partial charge in [-0.25, -0.2) is 4.98 Å². The van der Waals surface area contributed by atoms with Crippen LogP contribution in [0.25, 0.3) is 11.3 Å². The van der Waals surface area contributed by atoms with Crippen LogP contribution in [0.1, 0.15) is 11.9 Å². The minimum absolute atomic E-state index is 0.434. The Bertz CT molecular complexity index is 771. The van der Waals surface area contributed by atoms with Crippen molar-refractivity contribution in [2.75, 3.05) is 6.61 Å². The van der Waals surface area contributed by atoms with Crippen LogP contribution < -0.4 is 9.47 Å². The molecular weight excluding hydrogens is 330 g/mol. The van der Waals surface area contributed by atoms with E-state index in [0.717, 1.165) is 27.8 Å². The van der Waals surface area contributed by atoms with Gasteiger partial charge in [-0.3, -0.25) is 0 Å². The first-order valence-electron chi connectivity index (χ1n) is 7.31. The highest BCUT2D eigenvalue weighted by Crippen LogP contribution is 2.29. The van der Waals surface area contributed by atoms with E-state index in [1.54, 1.807) is 11.3 Å². The van der Waals surface area contributed by atoms with Crippen molar-refractivity contribution in [2.24, 2.45) is 0 Å². The van der Waals surface area contributed by atoms with Crippen molar-refractivity contribution in [2.45, 2.75) is 13.5 Å². The van der Waals surface area contributed by atoms with Gasteiger partial charge in [0.1, 0.15) is 23.1 Å². The summed E-state index contributed by atoms with van der Waals surface area (Å²) in [5, 5.41) is 3.61. The van der Waals surface area contributed by atoms with Gasteiger partial charge in [0.05, 0.1) is 12.3 Å². The van der Waals surface area contributed by atoms with Gasteiger partial charge in [-0.15, -0.1) is 11.3 Å². The van der Waals surface area contributed by atoms with Crippen molar-refractivity contribution in [3.05, 3.63) is 63.9 Å². The van der Waals surface area contributed by atoms with Crippen LogP contribution in [0.15, 0.2) is 53.9 Å². The third kappa shape index (κ3) is 4.03. The average molecular weight is 346 g/mol. The Labute approximate surface area is 144 Å². The molecule has 23 heavy (non-hydrogen) atoms. The molecule has 3 aromatic rings. The Hall–Kier alpha value is -2.04. The zero-order valence-electron chi connectivity index (χ0n) is 12.7. The number of rotatable bonds is 6. The molecule has 0 saturated carbocycles. The number of aromatic nitrogens is 1. The molecule has 1 aromatic heterocycles. The SMILES string of the molecule is CCOc1ccc(OCc2nc(-c3ccccc3Cl)cs2)cc1. The third-order valence-corrected chi connectivity index (χ3v) is 4.35. The molecule has 5 heteroatoms. The summed E-state index contributed by atoms with van der Waals surface area (Å²) < 4.78 is 11.2. The highest BCUT2D eigenvalue weighted by Gasteiger charge is 2.08. The topological polar surface area (TPSA) is 31.4 Å². The maximum absolute atomic E-state index is 6.20. The number of thiazole rings is 1. The van der Waals surface area contributed by atoms with Crippen molar-refractivity contribution in [1.29, 1.82) is 0 Å². The van der Waals surface area contributed by atoms with Crippen LogP contribution in [0.3, 0.4) is 0 Å². The minimum atomic E-state index is 0.434. The number of ether oxygens (including phenoxy) is 2. The van der Waals surface area contributed by atoms with E-state index < -0.39 is 0 Å². The number of benzene rings is 2. The Morgan fingerprint density at radius 2 is 1.70 bits per heavy atom. The molecule has 0 fully saturated rings. The third-order valence-electron chi connectivity index (χ3n) is 3.20. The molecular formula is C18H16ClNO2S. The molecule has 0 amide bonds. The van der Waals surface area contributed by atoms with E-state index >= 15 is 0 Å². The van der Waals surface area contributed by atoms with Crippen LogP contribution in [0, 0.1) is 0 Å². The molecule has 3 rings (SSSR count). The first kappa shape index (κ1) is 15.8. The molecule has 0 aliphatic rings. The lowest BCUT2D eigenvalue weighted by Crippen LogP contribution is -1.95. The summed E-state index contributed by atoms with van der Waals surface area (Å²) in [5.41, 5.74) is 1.82. The quantitative estimate of drug-likeness (QED) is 0.596. The molecule has 0 unspecified atom stereocenters. The van der Waals surface area contributed by atoms with Crippen molar-refractivity contribution >= 4 is 22.9 Å². The second-order valence-corrected chi connectivity index (χ2v) is 6.15. The normalized spacial score (nSPS) is 10.5. The highest BCUT2D eigenvalue weighted by molar-refractivity contribution is 7.09. The van der Waals surface area contributed by atoms with E-state index in [4.69, 9.17) is 21.1 Å². The van der Waals surface area contributed by atoms with Crippen LogP contribution in [0.2, 0.25) is 5.02 Å². The van der Waals surface area contributed by atoms with Crippen molar-refractivity contribution in [3.63, 3.8) is 0 Å². The van der Waals surface area contributed by atoms with E-state index in [-0.39, 0.29) is 0 Å². The molecule has 0 radical (unpaired) electrons. The maximum atomic E-state index is 6.20. The predicted octanol–water partition coefficient (Wildman–Crippen LogP) is 5.44. The molecule has 0 saturated heterocycles. The molecule has 2 aromatic carbocycles. The lowest BCUT2D eigenvalue weighted by molar-refractivity contribution is 0.303. The zero-order valence-corrected chi connectivity index (χ0v) is 14.2. The van der Waals surface area contributed by atoms with Gasteiger partial charge in [-0.1, -0.05) is 29.8 Å². The van der Waals surface area contributed by atoms with Gasteiger partial charge in [0.15, 0.2) is 0 Å². The van der Waals surface area contributed by atoms with Gasteiger partial charge in [-0.2, -0.15) is 0 Å². The van der Waals surface area contributed by atoms with Gasteiger partial charge in [0.25, 0.3) is 0 Å². The van der Waals surface area contributed by atoms with E-state index in [2.05, 4.69) is 4.98 Å². The fraction of sp³-hybridized carbons (Fsp3) is 0.167. The minimum Gasteiger partial charge on any atom is -0.494 e. The first-order chi connectivity index (χ1) is 11.3. The van der Waals surface area contributed by atoms with Crippen molar-refractivity contribution < 1.29 is 9.47 Å². The Balaban J connectivity index is 1.64. The monoisotopic (exact) mass is 345 g/mol. The van der Waals surface area contributed by atoms with Gasteiger partial charge in [-0.05, 0) is 37.3 Å². The van der Waals surface area contributed by atoms with Crippen LogP contribution in [-0.4, -0.2) is 11.6 Å². The average Bonchev–Trinajstić information content (AvgIpc) is 3.04. The lowest BCUT2D eigenvalue weighted by atomic mass is 10.2. The van der Waals surface area contributed by atoms with Crippen LogP contribution in [0.5, 0.6) is 11.5 Å². The lowest BCUT2D eigenvalue weighted by Gasteiger charge is -2.06. The molecule has 0 N–H and O–H groups in total. The number of nitrogens with zero attached hydrogens (tertiary/aromatic N) is 1. The van der Waals surface area contributed by atoms with Gasteiger partial charge < -0.3 is 9.47 Å². The van der Waals surface area contributed by atoms with Crippen LogP contribution in [-0.2, 0) is 6.61 Å². The smallest absolute Gasteiger partial charge is 0.140 e. The summed E-state index contributed by atoms with van der Waals surface area (Å²) in [6.07, 6.45) is 0.